The summed E-state index contributed by atoms with van der Waals surface area (Å²) in [4.78, 5) is 12.5. The molecule has 1 N–H and O–H groups in total. The van der Waals surface area contributed by atoms with Crippen LogP contribution in [-0.4, -0.2) is 38.7 Å². The molecule has 1 rings (SSSR count). The molecule has 1 saturated heterocycles. The van der Waals surface area contributed by atoms with Crippen LogP contribution in [0.15, 0.2) is 0 Å². The highest BCUT2D eigenvalue weighted by molar-refractivity contribution is 7.88. The number of likely N-dealkylation sites (tertiary alicyclic amines) is 1. The van der Waals surface area contributed by atoms with E-state index >= 15 is 0 Å². The van der Waals surface area contributed by atoms with E-state index in [2.05, 4.69) is 4.72 Å². The first-order valence-corrected chi connectivity index (χ1v) is 5.60. The SMILES string of the molecule is CS(=O)(=O)NCN1CCCC1=O. The van der Waals surface area contributed by atoms with E-state index in [0.717, 1.165) is 12.7 Å². The summed E-state index contributed by atoms with van der Waals surface area (Å²) in [5.41, 5.74) is 0. The van der Waals surface area contributed by atoms with Crippen molar-refractivity contribution in [3.63, 3.8) is 0 Å². The Bertz CT molecular complexity index is 273. The van der Waals surface area contributed by atoms with Crippen LogP contribution in [0.5, 0.6) is 0 Å². The molecule has 0 aromatic carbocycles. The van der Waals surface area contributed by atoms with Gasteiger partial charge >= 0.3 is 0 Å². The standard InChI is InChI=1S/C6H12N2O3S/c1-12(10,11)7-5-8-4-2-3-6(8)9/h7H,2-5H2,1H3. The Hall–Kier alpha value is -0.620. The average Bonchev–Trinajstić information content (AvgIpc) is 2.29. The second kappa shape index (κ2) is 3.40. The lowest BCUT2D eigenvalue weighted by Gasteiger charge is -2.14. The van der Waals surface area contributed by atoms with Crippen LogP contribution >= 0.6 is 0 Å². The summed E-state index contributed by atoms with van der Waals surface area (Å²) >= 11 is 0. The highest BCUT2D eigenvalue weighted by Gasteiger charge is 2.20. The Morgan fingerprint density at radius 2 is 2.25 bits per heavy atom. The smallest absolute Gasteiger partial charge is 0.223 e. The van der Waals surface area contributed by atoms with E-state index in [9.17, 15) is 13.2 Å². The lowest BCUT2D eigenvalue weighted by Crippen LogP contribution is -2.37. The summed E-state index contributed by atoms with van der Waals surface area (Å²) in [5.74, 6) is 0.0196. The molecule has 1 aliphatic rings. The fourth-order valence-corrected chi connectivity index (χ4v) is 1.46. The summed E-state index contributed by atoms with van der Waals surface area (Å²) in [5, 5.41) is 0. The molecular formula is C6H12N2O3S. The van der Waals surface area contributed by atoms with Gasteiger partial charge in [-0.05, 0) is 6.42 Å². The van der Waals surface area contributed by atoms with Crippen LogP contribution in [-0.2, 0) is 14.8 Å². The van der Waals surface area contributed by atoms with Crippen LogP contribution in [0.25, 0.3) is 0 Å². The molecule has 1 fully saturated rings. The molecule has 1 amide bonds. The molecule has 0 aromatic heterocycles. The van der Waals surface area contributed by atoms with Gasteiger partial charge in [0.15, 0.2) is 0 Å². The molecule has 5 nitrogen and oxygen atoms in total. The average molecular weight is 192 g/mol. The van der Waals surface area contributed by atoms with Crippen LogP contribution in [0.1, 0.15) is 12.8 Å². The second-order valence-corrected chi connectivity index (χ2v) is 4.67. The molecule has 0 spiro atoms. The predicted molar refractivity (Wildman–Crippen MR) is 43.8 cm³/mol. The van der Waals surface area contributed by atoms with Crippen molar-refractivity contribution in [1.82, 2.24) is 9.62 Å². The number of nitrogens with zero attached hydrogens (tertiary/aromatic N) is 1. The maximum absolute atomic E-state index is 11.0. The van der Waals surface area contributed by atoms with Gasteiger partial charge < -0.3 is 4.90 Å². The third-order valence-electron chi connectivity index (χ3n) is 1.69. The Morgan fingerprint density at radius 3 is 2.67 bits per heavy atom. The number of rotatable bonds is 3. The van der Waals surface area contributed by atoms with E-state index in [-0.39, 0.29) is 12.6 Å². The topological polar surface area (TPSA) is 66.5 Å². The molecule has 0 saturated carbocycles. The van der Waals surface area contributed by atoms with Gasteiger partial charge in [-0.1, -0.05) is 0 Å². The Morgan fingerprint density at radius 1 is 1.58 bits per heavy atom. The fraction of sp³-hybridized carbons (Fsp3) is 0.833. The zero-order valence-corrected chi connectivity index (χ0v) is 7.73. The molecule has 0 unspecified atom stereocenters. The van der Waals surface area contributed by atoms with E-state index in [1.54, 1.807) is 0 Å². The number of amides is 1. The number of nitrogens with one attached hydrogen (secondary N) is 1. The third kappa shape index (κ3) is 2.78. The summed E-state index contributed by atoms with van der Waals surface area (Å²) in [6.07, 6.45) is 2.43. The largest absolute Gasteiger partial charge is 0.329 e. The first kappa shape index (κ1) is 9.47. The van der Waals surface area contributed by atoms with E-state index < -0.39 is 10.0 Å². The van der Waals surface area contributed by atoms with Crippen molar-refractivity contribution in [2.24, 2.45) is 0 Å². The van der Waals surface area contributed by atoms with E-state index in [1.807, 2.05) is 0 Å². The van der Waals surface area contributed by atoms with Gasteiger partial charge in [0.05, 0.1) is 12.9 Å². The minimum atomic E-state index is -3.18. The van der Waals surface area contributed by atoms with Crippen molar-refractivity contribution in [2.45, 2.75) is 12.8 Å². The molecule has 0 aliphatic carbocycles. The van der Waals surface area contributed by atoms with Gasteiger partial charge in [0, 0.05) is 13.0 Å². The Balaban J connectivity index is 2.37. The molecule has 0 radical (unpaired) electrons. The molecule has 1 heterocycles. The summed E-state index contributed by atoms with van der Waals surface area (Å²) in [6, 6.07) is 0. The highest BCUT2D eigenvalue weighted by Crippen LogP contribution is 2.07. The van der Waals surface area contributed by atoms with E-state index in [0.29, 0.717) is 13.0 Å². The second-order valence-electron chi connectivity index (χ2n) is 2.84. The van der Waals surface area contributed by atoms with Crippen LogP contribution in [0.4, 0.5) is 0 Å². The zero-order valence-electron chi connectivity index (χ0n) is 6.91. The van der Waals surface area contributed by atoms with Crippen molar-refractivity contribution in [3.8, 4) is 0 Å². The molecule has 1 aliphatic heterocycles. The molecule has 0 bridgehead atoms. The predicted octanol–water partition coefficient (Wildman–Crippen LogP) is -0.885. The van der Waals surface area contributed by atoms with Crippen molar-refractivity contribution < 1.29 is 13.2 Å². The lowest BCUT2D eigenvalue weighted by molar-refractivity contribution is -0.127. The number of hydrogen-bond acceptors (Lipinski definition) is 3. The molecule has 0 aromatic rings. The van der Waals surface area contributed by atoms with Gasteiger partial charge in [-0.3, -0.25) is 4.79 Å². The quantitative estimate of drug-likeness (QED) is 0.631. The molecule has 6 heteroatoms. The summed E-state index contributed by atoms with van der Waals surface area (Å²) < 4.78 is 23.6. The van der Waals surface area contributed by atoms with Crippen molar-refractivity contribution in [1.29, 1.82) is 0 Å². The van der Waals surface area contributed by atoms with Crippen LogP contribution < -0.4 is 4.72 Å². The number of carbonyl (C=O) groups is 1. The van der Waals surface area contributed by atoms with Gasteiger partial charge in [-0.2, -0.15) is 4.72 Å². The van der Waals surface area contributed by atoms with Crippen molar-refractivity contribution in [2.75, 3.05) is 19.5 Å². The minimum absolute atomic E-state index is 0.0196. The Kier molecular flexibility index (Phi) is 2.69. The van der Waals surface area contributed by atoms with Gasteiger partial charge in [0.2, 0.25) is 15.9 Å². The van der Waals surface area contributed by atoms with Crippen LogP contribution in [0.3, 0.4) is 0 Å². The third-order valence-corrected chi connectivity index (χ3v) is 2.34. The number of carbonyl (C=O) groups excluding carboxylic acids is 1. The molecular weight excluding hydrogens is 180 g/mol. The van der Waals surface area contributed by atoms with Crippen LogP contribution in [0, 0.1) is 0 Å². The number of hydrogen-bond donors (Lipinski definition) is 1. The lowest BCUT2D eigenvalue weighted by atomic mass is 10.4. The van der Waals surface area contributed by atoms with Crippen LogP contribution in [0.2, 0.25) is 0 Å². The van der Waals surface area contributed by atoms with Gasteiger partial charge in [0.25, 0.3) is 0 Å². The number of sulfonamides is 1. The Labute approximate surface area is 71.8 Å². The maximum Gasteiger partial charge on any atom is 0.223 e. The highest BCUT2D eigenvalue weighted by atomic mass is 32.2. The van der Waals surface area contributed by atoms with E-state index in [4.69, 9.17) is 0 Å². The summed E-state index contributed by atoms with van der Waals surface area (Å²) in [6.45, 7) is 0.763. The fourth-order valence-electron chi connectivity index (χ4n) is 1.07. The zero-order chi connectivity index (χ0) is 9.19. The molecule has 70 valence electrons. The first-order valence-electron chi connectivity index (χ1n) is 3.71. The van der Waals surface area contributed by atoms with Gasteiger partial charge in [-0.25, -0.2) is 8.42 Å². The van der Waals surface area contributed by atoms with E-state index in [1.165, 1.54) is 4.90 Å². The van der Waals surface area contributed by atoms with Crippen molar-refractivity contribution in [3.05, 3.63) is 0 Å². The minimum Gasteiger partial charge on any atom is -0.329 e. The normalized spacial score (nSPS) is 18.8. The van der Waals surface area contributed by atoms with Gasteiger partial charge in [-0.15, -0.1) is 0 Å². The first-order chi connectivity index (χ1) is 5.49. The maximum atomic E-state index is 11.0. The summed E-state index contributed by atoms with van der Waals surface area (Å²) in [7, 11) is -3.18. The van der Waals surface area contributed by atoms with Gasteiger partial charge in [0.1, 0.15) is 0 Å². The monoisotopic (exact) mass is 192 g/mol. The van der Waals surface area contributed by atoms with Crippen molar-refractivity contribution >= 4 is 15.9 Å². The molecule has 12 heavy (non-hydrogen) atoms. The molecule has 0 atom stereocenters.